The Hall–Kier alpha value is -7.17. The average molecular weight is 679 g/mol. The highest BCUT2D eigenvalue weighted by molar-refractivity contribution is 6.11. The Morgan fingerprint density at radius 1 is 0.377 bits per heavy atom. The molecule has 0 atom stereocenters. The molecule has 4 heteroatoms. The molecule has 0 spiro atoms. The number of fused-ring (bicyclic) bond motifs is 7. The second-order valence-electron chi connectivity index (χ2n) is 13.5. The molecule has 0 N–H and O–H groups in total. The van der Waals surface area contributed by atoms with Crippen LogP contribution in [0.3, 0.4) is 0 Å². The van der Waals surface area contributed by atoms with Crippen LogP contribution in [0.1, 0.15) is 0 Å². The number of imidazole rings is 1. The largest absolute Gasteiger partial charge is 0.455 e. The molecule has 0 fully saturated rings. The van der Waals surface area contributed by atoms with E-state index in [0.717, 1.165) is 105 Å². The summed E-state index contributed by atoms with van der Waals surface area (Å²) in [4.78, 5) is 5.17. The van der Waals surface area contributed by atoms with Gasteiger partial charge >= 0.3 is 0 Å². The van der Waals surface area contributed by atoms with Gasteiger partial charge in [-0.2, -0.15) is 0 Å². The van der Waals surface area contributed by atoms with Crippen molar-refractivity contribution in [1.29, 1.82) is 0 Å². The Bertz CT molecular complexity index is 3050. The van der Waals surface area contributed by atoms with Gasteiger partial charge < -0.3 is 8.83 Å². The van der Waals surface area contributed by atoms with Crippen LogP contribution in [0.15, 0.2) is 191 Å². The van der Waals surface area contributed by atoms with Crippen molar-refractivity contribution < 1.29 is 8.83 Å². The minimum atomic E-state index is 0.879. The van der Waals surface area contributed by atoms with Crippen LogP contribution < -0.4 is 0 Å². The van der Waals surface area contributed by atoms with Crippen molar-refractivity contribution >= 4 is 54.9 Å². The van der Waals surface area contributed by atoms with Crippen LogP contribution in [0.5, 0.6) is 0 Å². The predicted molar refractivity (Wildman–Crippen MR) is 217 cm³/mol. The Morgan fingerprint density at radius 3 is 1.57 bits per heavy atom. The van der Waals surface area contributed by atoms with Gasteiger partial charge in [-0.3, -0.25) is 4.57 Å². The molecule has 0 unspecified atom stereocenters. The Kier molecular flexibility index (Phi) is 6.52. The molecule has 0 aliphatic carbocycles. The number of para-hydroxylation sites is 7. The van der Waals surface area contributed by atoms with Gasteiger partial charge in [0.15, 0.2) is 0 Å². The number of furan rings is 2. The molecule has 0 bridgehead atoms. The Morgan fingerprint density at radius 2 is 0.887 bits per heavy atom. The molecular formula is C49H30N2O2. The van der Waals surface area contributed by atoms with Crippen LogP contribution in [0.2, 0.25) is 0 Å². The van der Waals surface area contributed by atoms with E-state index in [0.29, 0.717) is 0 Å². The van der Waals surface area contributed by atoms with Crippen molar-refractivity contribution in [1.82, 2.24) is 9.55 Å². The molecule has 3 heterocycles. The summed E-state index contributed by atoms with van der Waals surface area (Å²) in [6, 6.07) is 63.7. The van der Waals surface area contributed by atoms with Gasteiger partial charge in [-0.25, -0.2) is 4.98 Å². The summed E-state index contributed by atoms with van der Waals surface area (Å²) in [5.74, 6) is 0.898. The number of hydrogen-bond acceptors (Lipinski definition) is 3. The number of hydrogen-bond donors (Lipinski definition) is 0. The normalized spacial score (nSPS) is 11.8. The quantitative estimate of drug-likeness (QED) is 0.182. The minimum absolute atomic E-state index is 0.879. The molecule has 11 aromatic rings. The number of aromatic nitrogens is 2. The van der Waals surface area contributed by atoms with Crippen LogP contribution in [0.25, 0.3) is 105 Å². The van der Waals surface area contributed by atoms with E-state index in [2.05, 4.69) is 150 Å². The maximum atomic E-state index is 6.57. The first-order chi connectivity index (χ1) is 26.3. The molecule has 0 amide bonds. The fourth-order valence-electron chi connectivity index (χ4n) is 7.95. The fourth-order valence-corrected chi connectivity index (χ4v) is 7.95. The molecule has 0 saturated carbocycles. The van der Waals surface area contributed by atoms with E-state index >= 15 is 0 Å². The fraction of sp³-hybridized carbons (Fsp3) is 0. The summed E-state index contributed by atoms with van der Waals surface area (Å²) >= 11 is 0. The first-order valence-corrected chi connectivity index (χ1v) is 17.9. The molecule has 0 aliphatic rings. The third-order valence-corrected chi connectivity index (χ3v) is 10.4. The second kappa shape index (κ2) is 11.7. The smallest absolute Gasteiger partial charge is 0.145 e. The topological polar surface area (TPSA) is 44.1 Å². The summed E-state index contributed by atoms with van der Waals surface area (Å²) in [5, 5.41) is 4.43. The van der Waals surface area contributed by atoms with Crippen LogP contribution in [-0.4, -0.2) is 9.55 Å². The summed E-state index contributed by atoms with van der Waals surface area (Å²) in [5.41, 5.74) is 14.1. The zero-order chi connectivity index (χ0) is 34.9. The molecule has 0 saturated heterocycles. The molecule has 0 aliphatic heterocycles. The molecule has 8 aromatic carbocycles. The molecule has 3 aromatic heterocycles. The van der Waals surface area contributed by atoms with E-state index < -0.39 is 0 Å². The van der Waals surface area contributed by atoms with Crippen LogP contribution in [-0.2, 0) is 0 Å². The van der Waals surface area contributed by atoms with Crippen molar-refractivity contribution in [2.75, 3.05) is 0 Å². The van der Waals surface area contributed by atoms with Crippen molar-refractivity contribution in [3.8, 4) is 50.5 Å². The highest BCUT2D eigenvalue weighted by Gasteiger charge is 2.19. The number of rotatable bonds is 5. The van der Waals surface area contributed by atoms with Crippen molar-refractivity contribution in [3.63, 3.8) is 0 Å². The highest BCUT2D eigenvalue weighted by Crippen LogP contribution is 2.42. The molecule has 248 valence electrons. The van der Waals surface area contributed by atoms with Crippen molar-refractivity contribution in [2.24, 2.45) is 0 Å². The van der Waals surface area contributed by atoms with Gasteiger partial charge in [0.25, 0.3) is 0 Å². The molecule has 11 rings (SSSR count). The lowest BCUT2D eigenvalue weighted by Crippen LogP contribution is -1.97. The van der Waals surface area contributed by atoms with Gasteiger partial charge in [0, 0.05) is 43.9 Å². The lowest BCUT2D eigenvalue weighted by Gasteiger charge is -2.14. The molecule has 53 heavy (non-hydrogen) atoms. The maximum absolute atomic E-state index is 6.57. The minimum Gasteiger partial charge on any atom is -0.455 e. The SMILES string of the molecule is c1ccc(-n2c(-c3cccc(-c4cc(-c5cccc6c5oc5ccccc56)cc(-c5cccc6c5oc5ccccc56)c4)c3)nc3ccccc32)cc1. The third-order valence-electron chi connectivity index (χ3n) is 10.4. The Balaban J connectivity index is 1.15. The van der Waals surface area contributed by atoms with E-state index in [1.54, 1.807) is 0 Å². The van der Waals surface area contributed by atoms with Gasteiger partial charge in [0.1, 0.15) is 28.2 Å². The highest BCUT2D eigenvalue weighted by atomic mass is 16.3. The van der Waals surface area contributed by atoms with Crippen molar-refractivity contribution in [3.05, 3.63) is 182 Å². The zero-order valence-electron chi connectivity index (χ0n) is 28.5. The first-order valence-electron chi connectivity index (χ1n) is 17.9. The number of benzene rings is 8. The number of nitrogens with zero attached hydrogens (tertiary/aromatic N) is 2. The molecular weight excluding hydrogens is 649 g/mol. The van der Waals surface area contributed by atoms with Crippen molar-refractivity contribution in [2.45, 2.75) is 0 Å². The van der Waals surface area contributed by atoms with Gasteiger partial charge in [0.05, 0.1) is 11.0 Å². The zero-order valence-corrected chi connectivity index (χ0v) is 28.5. The van der Waals surface area contributed by atoms with Gasteiger partial charge in [0.2, 0.25) is 0 Å². The van der Waals surface area contributed by atoms with E-state index in [-0.39, 0.29) is 0 Å². The van der Waals surface area contributed by atoms with Crippen LogP contribution in [0.4, 0.5) is 0 Å². The summed E-state index contributed by atoms with van der Waals surface area (Å²) < 4.78 is 15.4. The maximum Gasteiger partial charge on any atom is 0.145 e. The first kappa shape index (κ1) is 29.5. The lowest BCUT2D eigenvalue weighted by molar-refractivity contribution is 0.670. The summed E-state index contributed by atoms with van der Waals surface area (Å²) in [6.07, 6.45) is 0. The van der Waals surface area contributed by atoms with Gasteiger partial charge in [-0.15, -0.1) is 0 Å². The van der Waals surface area contributed by atoms with E-state index in [1.165, 1.54) is 0 Å². The standard InChI is InChI=1S/C49H30N2O2/c1-2-15-36(16-3-1)51-44-24-7-6-23-43(44)50-49(51)32-14-10-13-31(27-32)33-28-34(37-19-11-21-41-39-17-4-8-25-45(39)52-47(37)41)30-35(29-33)38-20-12-22-42-40-18-5-9-26-46(40)53-48(38)42/h1-30H. The second-order valence-corrected chi connectivity index (χ2v) is 13.5. The van der Waals surface area contributed by atoms with E-state index in [4.69, 9.17) is 13.8 Å². The van der Waals surface area contributed by atoms with Crippen LogP contribution in [0, 0.1) is 0 Å². The van der Waals surface area contributed by atoms with Gasteiger partial charge in [-0.1, -0.05) is 121 Å². The van der Waals surface area contributed by atoms with Gasteiger partial charge in [-0.05, 0) is 82.9 Å². The summed E-state index contributed by atoms with van der Waals surface area (Å²) in [7, 11) is 0. The lowest BCUT2D eigenvalue weighted by atomic mass is 9.91. The molecule has 4 nitrogen and oxygen atoms in total. The predicted octanol–water partition coefficient (Wildman–Crippen LogP) is 13.5. The monoisotopic (exact) mass is 678 g/mol. The summed E-state index contributed by atoms with van der Waals surface area (Å²) in [6.45, 7) is 0. The van der Waals surface area contributed by atoms with E-state index in [1.807, 2.05) is 36.4 Å². The van der Waals surface area contributed by atoms with E-state index in [9.17, 15) is 0 Å². The average Bonchev–Trinajstić information content (AvgIpc) is 3.93. The third kappa shape index (κ3) is 4.73. The van der Waals surface area contributed by atoms with Crippen LogP contribution >= 0.6 is 0 Å². The Labute approximate surface area is 304 Å². The molecule has 0 radical (unpaired) electrons.